The SMILES string of the molecule is NCCNCc1ccc(C(F)(F)F)o1. The standard InChI is InChI=1S/C8H11F3N2O/c9-8(10,11)7-2-1-6(14-7)5-13-4-3-12/h1-2,13H,3-5,12H2. The molecule has 0 spiro atoms. The Morgan fingerprint density at radius 3 is 2.57 bits per heavy atom. The minimum absolute atomic E-state index is 0.255. The Morgan fingerprint density at radius 1 is 1.36 bits per heavy atom. The maximum Gasteiger partial charge on any atom is 0.449 e. The van der Waals surface area contributed by atoms with Gasteiger partial charge >= 0.3 is 6.18 Å². The molecule has 0 bridgehead atoms. The second kappa shape index (κ2) is 4.47. The van der Waals surface area contributed by atoms with Crippen molar-refractivity contribution < 1.29 is 17.6 Å². The number of hydrogen-bond acceptors (Lipinski definition) is 3. The predicted octanol–water partition coefficient (Wildman–Crippen LogP) is 1.35. The fourth-order valence-electron chi connectivity index (χ4n) is 0.939. The van der Waals surface area contributed by atoms with E-state index in [9.17, 15) is 13.2 Å². The molecular weight excluding hydrogens is 197 g/mol. The molecule has 0 fully saturated rings. The summed E-state index contributed by atoms with van der Waals surface area (Å²) in [6, 6.07) is 2.21. The first-order valence-electron chi connectivity index (χ1n) is 4.10. The first-order chi connectivity index (χ1) is 6.54. The summed E-state index contributed by atoms with van der Waals surface area (Å²) in [5.41, 5.74) is 5.19. The third kappa shape index (κ3) is 3.04. The van der Waals surface area contributed by atoms with E-state index in [-0.39, 0.29) is 12.3 Å². The van der Waals surface area contributed by atoms with Gasteiger partial charge < -0.3 is 15.5 Å². The Labute approximate surface area is 79.1 Å². The van der Waals surface area contributed by atoms with Crippen molar-refractivity contribution in [1.82, 2.24) is 5.32 Å². The molecule has 0 aliphatic rings. The summed E-state index contributed by atoms with van der Waals surface area (Å²) >= 11 is 0. The van der Waals surface area contributed by atoms with Gasteiger partial charge in [-0.15, -0.1) is 0 Å². The zero-order chi connectivity index (χ0) is 10.6. The van der Waals surface area contributed by atoms with E-state index in [1.807, 2.05) is 0 Å². The van der Waals surface area contributed by atoms with Crippen LogP contribution in [0.25, 0.3) is 0 Å². The van der Waals surface area contributed by atoms with Gasteiger partial charge in [0.05, 0.1) is 6.54 Å². The minimum Gasteiger partial charge on any atom is -0.455 e. The highest BCUT2D eigenvalue weighted by atomic mass is 19.4. The lowest BCUT2D eigenvalue weighted by Crippen LogP contribution is -2.21. The molecule has 80 valence electrons. The molecule has 0 amide bonds. The van der Waals surface area contributed by atoms with E-state index in [0.29, 0.717) is 13.1 Å². The van der Waals surface area contributed by atoms with Crippen molar-refractivity contribution in [2.45, 2.75) is 12.7 Å². The van der Waals surface area contributed by atoms with Gasteiger partial charge in [0.1, 0.15) is 5.76 Å². The van der Waals surface area contributed by atoms with Crippen molar-refractivity contribution in [2.75, 3.05) is 13.1 Å². The number of furan rings is 1. The fraction of sp³-hybridized carbons (Fsp3) is 0.500. The van der Waals surface area contributed by atoms with Crippen LogP contribution in [0.2, 0.25) is 0 Å². The van der Waals surface area contributed by atoms with E-state index in [0.717, 1.165) is 6.07 Å². The van der Waals surface area contributed by atoms with Crippen molar-refractivity contribution >= 4 is 0 Å². The second-order valence-corrected chi connectivity index (χ2v) is 2.73. The summed E-state index contributed by atoms with van der Waals surface area (Å²) in [6.45, 7) is 1.24. The van der Waals surface area contributed by atoms with Gasteiger partial charge in [-0.2, -0.15) is 13.2 Å². The summed E-state index contributed by atoms with van der Waals surface area (Å²) in [5.74, 6) is -0.715. The zero-order valence-corrected chi connectivity index (χ0v) is 7.40. The molecule has 0 saturated carbocycles. The highest BCUT2D eigenvalue weighted by molar-refractivity contribution is 5.09. The van der Waals surface area contributed by atoms with Crippen LogP contribution in [0.1, 0.15) is 11.5 Å². The van der Waals surface area contributed by atoms with Crippen LogP contribution in [0.5, 0.6) is 0 Å². The molecular formula is C8H11F3N2O. The van der Waals surface area contributed by atoms with Crippen LogP contribution in [0.3, 0.4) is 0 Å². The van der Waals surface area contributed by atoms with Gasteiger partial charge in [0, 0.05) is 13.1 Å². The first kappa shape index (κ1) is 11.1. The molecule has 0 aliphatic carbocycles. The molecule has 3 nitrogen and oxygen atoms in total. The van der Waals surface area contributed by atoms with Crippen LogP contribution in [-0.4, -0.2) is 13.1 Å². The van der Waals surface area contributed by atoms with Crippen LogP contribution >= 0.6 is 0 Å². The lowest BCUT2D eigenvalue weighted by molar-refractivity contribution is -0.153. The lowest BCUT2D eigenvalue weighted by atomic mass is 10.4. The van der Waals surface area contributed by atoms with Gasteiger partial charge in [0.2, 0.25) is 5.76 Å². The Bertz CT molecular complexity index is 282. The molecule has 1 aromatic heterocycles. The molecule has 0 aliphatic heterocycles. The smallest absolute Gasteiger partial charge is 0.449 e. The van der Waals surface area contributed by atoms with Gasteiger partial charge in [-0.3, -0.25) is 0 Å². The summed E-state index contributed by atoms with van der Waals surface area (Å²) < 4.78 is 40.7. The number of alkyl halides is 3. The van der Waals surface area contributed by atoms with Crippen molar-refractivity contribution in [3.05, 3.63) is 23.7 Å². The summed E-state index contributed by atoms with van der Waals surface area (Å²) in [6.07, 6.45) is -4.41. The van der Waals surface area contributed by atoms with E-state index in [1.54, 1.807) is 0 Å². The van der Waals surface area contributed by atoms with Crippen molar-refractivity contribution in [2.24, 2.45) is 5.73 Å². The number of nitrogens with two attached hydrogens (primary N) is 1. The maximum atomic E-state index is 12.1. The zero-order valence-electron chi connectivity index (χ0n) is 7.40. The Morgan fingerprint density at radius 2 is 2.07 bits per heavy atom. The molecule has 14 heavy (non-hydrogen) atoms. The Hall–Kier alpha value is -1.01. The van der Waals surface area contributed by atoms with Gasteiger partial charge in [-0.25, -0.2) is 0 Å². The molecule has 0 unspecified atom stereocenters. The Kier molecular flexibility index (Phi) is 3.54. The van der Waals surface area contributed by atoms with Crippen molar-refractivity contribution in [3.63, 3.8) is 0 Å². The van der Waals surface area contributed by atoms with Crippen LogP contribution in [0.15, 0.2) is 16.5 Å². The molecule has 0 saturated heterocycles. The highest BCUT2D eigenvalue weighted by Crippen LogP contribution is 2.30. The number of nitrogens with one attached hydrogen (secondary N) is 1. The Balaban J connectivity index is 2.51. The fourth-order valence-corrected chi connectivity index (χ4v) is 0.939. The normalized spacial score (nSPS) is 12.0. The predicted molar refractivity (Wildman–Crippen MR) is 44.5 cm³/mol. The highest BCUT2D eigenvalue weighted by Gasteiger charge is 2.34. The second-order valence-electron chi connectivity index (χ2n) is 2.73. The molecule has 3 N–H and O–H groups in total. The largest absolute Gasteiger partial charge is 0.455 e. The van der Waals surface area contributed by atoms with Crippen LogP contribution in [0, 0.1) is 0 Å². The molecule has 0 atom stereocenters. The summed E-state index contributed by atoms with van der Waals surface area (Å²) in [4.78, 5) is 0. The topological polar surface area (TPSA) is 51.2 Å². The van der Waals surface area contributed by atoms with Gasteiger partial charge in [-0.1, -0.05) is 0 Å². The van der Waals surface area contributed by atoms with E-state index in [1.165, 1.54) is 6.07 Å². The third-order valence-corrected chi connectivity index (χ3v) is 1.56. The average molecular weight is 208 g/mol. The van der Waals surface area contributed by atoms with Crippen LogP contribution < -0.4 is 11.1 Å². The van der Waals surface area contributed by atoms with Gasteiger partial charge in [0.25, 0.3) is 0 Å². The first-order valence-corrected chi connectivity index (χ1v) is 4.10. The van der Waals surface area contributed by atoms with E-state index < -0.39 is 11.9 Å². The molecule has 1 heterocycles. The van der Waals surface area contributed by atoms with Crippen LogP contribution in [-0.2, 0) is 12.7 Å². The molecule has 1 rings (SSSR count). The maximum absolute atomic E-state index is 12.1. The van der Waals surface area contributed by atoms with Gasteiger partial charge in [-0.05, 0) is 12.1 Å². The lowest BCUT2D eigenvalue weighted by Gasteiger charge is -2.01. The number of rotatable bonds is 4. The minimum atomic E-state index is -4.41. The third-order valence-electron chi connectivity index (χ3n) is 1.56. The number of halogens is 3. The van der Waals surface area contributed by atoms with E-state index >= 15 is 0 Å². The van der Waals surface area contributed by atoms with E-state index in [4.69, 9.17) is 5.73 Å². The average Bonchev–Trinajstić information content (AvgIpc) is 2.52. The van der Waals surface area contributed by atoms with Gasteiger partial charge in [0.15, 0.2) is 0 Å². The van der Waals surface area contributed by atoms with Crippen LogP contribution in [0.4, 0.5) is 13.2 Å². The molecule has 0 aromatic carbocycles. The van der Waals surface area contributed by atoms with Crippen molar-refractivity contribution in [3.8, 4) is 0 Å². The monoisotopic (exact) mass is 208 g/mol. The number of hydrogen-bond donors (Lipinski definition) is 2. The quantitative estimate of drug-likeness (QED) is 0.734. The molecule has 6 heteroatoms. The molecule has 1 aromatic rings. The van der Waals surface area contributed by atoms with Crippen molar-refractivity contribution in [1.29, 1.82) is 0 Å². The van der Waals surface area contributed by atoms with E-state index in [2.05, 4.69) is 9.73 Å². The summed E-state index contributed by atoms with van der Waals surface area (Å²) in [7, 11) is 0. The molecule has 0 radical (unpaired) electrons. The summed E-state index contributed by atoms with van der Waals surface area (Å²) in [5, 5.41) is 2.83.